The fourth-order valence-corrected chi connectivity index (χ4v) is 3.79. The van der Waals surface area contributed by atoms with Crippen LogP contribution >= 0.6 is 0 Å². The SMILES string of the molecule is CCN(CC1CCN(CCc2ccccc2C)CC1)C(=O)c1ccco1. The van der Waals surface area contributed by atoms with Crippen molar-refractivity contribution in [1.29, 1.82) is 0 Å². The molecule has 1 aliphatic rings. The largest absolute Gasteiger partial charge is 0.459 e. The smallest absolute Gasteiger partial charge is 0.289 e. The van der Waals surface area contributed by atoms with Crippen LogP contribution in [0.5, 0.6) is 0 Å². The van der Waals surface area contributed by atoms with E-state index in [0.29, 0.717) is 11.7 Å². The van der Waals surface area contributed by atoms with Crippen LogP contribution in [0.3, 0.4) is 0 Å². The van der Waals surface area contributed by atoms with E-state index in [1.165, 1.54) is 11.1 Å². The number of furan rings is 1. The summed E-state index contributed by atoms with van der Waals surface area (Å²) in [6.45, 7) is 9.18. The molecule has 2 aromatic rings. The minimum absolute atomic E-state index is 0.0134. The molecule has 26 heavy (non-hydrogen) atoms. The summed E-state index contributed by atoms with van der Waals surface area (Å²) in [4.78, 5) is 17.0. The fourth-order valence-electron chi connectivity index (χ4n) is 3.79. The van der Waals surface area contributed by atoms with Gasteiger partial charge in [0.25, 0.3) is 5.91 Å². The second kappa shape index (κ2) is 9.04. The number of benzene rings is 1. The van der Waals surface area contributed by atoms with Crippen LogP contribution in [0.4, 0.5) is 0 Å². The molecule has 4 heteroatoms. The predicted octanol–water partition coefficient (Wildman–Crippen LogP) is 4.00. The molecule has 1 fully saturated rings. The Morgan fingerprint density at radius 3 is 2.62 bits per heavy atom. The number of hydrogen-bond donors (Lipinski definition) is 0. The second-order valence-corrected chi connectivity index (χ2v) is 7.28. The Kier molecular flexibility index (Phi) is 6.51. The van der Waals surface area contributed by atoms with Gasteiger partial charge in [-0.1, -0.05) is 24.3 Å². The van der Waals surface area contributed by atoms with E-state index in [4.69, 9.17) is 4.42 Å². The number of aryl methyl sites for hydroxylation is 1. The minimum atomic E-state index is 0.0134. The lowest BCUT2D eigenvalue weighted by Gasteiger charge is -2.34. The van der Waals surface area contributed by atoms with Crippen LogP contribution < -0.4 is 0 Å². The first-order valence-electron chi connectivity index (χ1n) is 9.77. The predicted molar refractivity (Wildman–Crippen MR) is 104 cm³/mol. The molecule has 0 aliphatic carbocycles. The van der Waals surface area contributed by atoms with Crippen molar-refractivity contribution in [3.63, 3.8) is 0 Å². The van der Waals surface area contributed by atoms with Gasteiger partial charge in [0.2, 0.25) is 0 Å². The molecule has 1 amide bonds. The first kappa shape index (κ1) is 18.7. The summed E-state index contributed by atoms with van der Waals surface area (Å²) in [7, 11) is 0. The average molecular weight is 354 g/mol. The van der Waals surface area contributed by atoms with Gasteiger partial charge in [0.1, 0.15) is 0 Å². The molecule has 0 unspecified atom stereocenters. The third-order valence-electron chi connectivity index (χ3n) is 5.55. The highest BCUT2D eigenvalue weighted by molar-refractivity contribution is 5.91. The number of piperidine rings is 1. The summed E-state index contributed by atoms with van der Waals surface area (Å²) in [5.41, 5.74) is 2.84. The van der Waals surface area contributed by atoms with E-state index >= 15 is 0 Å². The molecule has 0 spiro atoms. The van der Waals surface area contributed by atoms with Crippen molar-refractivity contribution in [2.75, 3.05) is 32.7 Å². The van der Waals surface area contributed by atoms with E-state index in [0.717, 1.165) is 52.0 Å². The molecule has 0 saturated carbocycles. The zero-order valence-electron chi connectivity index (χ0n) is 16.0. The highest BCUT2D eigenvalue weighted by Crippen LogP contribution is 2.20. The van der Waals surface area contributed by atoms with Crippen molar-refractivity contribution in [3.05, 3.63) is 59.5 Å². The summed E-state index contributed by atoms with van der Waals surface area (Å²) in [5, 5.41) is 0. The van der Waals surface area contributed by atoms with Crippen LogP contribution in [0.2, 0.25) is 0 Å². The number of hydrogen-bond acceptors (Lipinski definition) is 3. The molecule has 1 aromatic carbocycles. The Morgan fingerprint density at radius 2 is 1.96 bits per heavy atom. The molecular formula is C22H30N2O2. The summed E-state index contributed by atoms with van der Waals surface area (Å²) in [6, 6.07) is 12.2. The van der Waals surface area contributed by atoms with Crippen LogP contribution in [-0.4, -0.2) is 48.4 Å². The maximum Gasteiger partial charge on any atom is 0.289 e. The number of nitrogens with zero attached hydrogens (tertiary/aromatic N) is 2. The molecule has 0 atom stereocenters. The van der Waals surface area contributed by atoms with E-state index in [1.54, 1.807) is 18.4 Å². The average Bonchev–Trinajstić information content (AvgIpc) is 3.21. The first-order valence-corrected chi connectivity index (χ1v) is 9.77. The van der Waals surface area contributed by atoms with Gasteiger partial charge in [-0.15, -0.1) is 0 Å². The van der Waals surface area contributed by atoms with E-state index in [1.807, 2.05) is 11.8 Å². The Labute approximate surface area is 156 Å². The molecule has 3 rings (SSSR count). The van der Waals surface area contributed by atoms with Crippen LogP contribution in [0.15, 0.2) is 47.1 Å². The van der Waals surface area contributed by atoms with E-state index < -0.39 is 0 Å². The Hall–Kier alpha value is -2.07. The Morgan fingerprint density at radius 1 is 1.19 bits per heavy atom. The quantitative estimate of drug-likeness (QED) is 0.754. The molecule has 1 saturated heterocycles. The van der Waals surface area contributed by atoms with Crippen molar-refractivity contribution in [2.45, 2.75) is 33.1 Å². The minimum Gasteiger partial charge on any atom is -0.459 e. The van der Waals surface area contributed by atoms with Crippen LogP contribution in [0, 0.1) is 12.8 Å². The first-order chi connectivity index (χ1) is 12.7. The van der Waals surface area contributed by atoms with Gasteiger partial charge in [-0.25, -0.2) is 0 Å². The zero-order valence-corrected chi connectivity index (χ0v) is 16.0. The molecule has 0 N–H and O–H groups in total. The molecule has 4 nitrogen and oxygen atoms in total. The van der Waals surface area contributed by atoms with Gasteiger partial charge in [-0.2, -0.15) is 0 Å². The summed E-state index contributed by atoms with van der Waals surface area (Å²) in [5.74, 6) is 1.05. The van der Waals surface area contributed by atoms with E-state index in [-0.39, 0.29) is 5.91 Å². The maximum absolute atomic E-state index is 12.5. The normalized spacial score (nSPS) is 15.9. The number of carbonyl (C=O) groups is 1. The maximum atomic E-state index is 12.5. The van der Waals surface area contributed by atoms with E-state index in [2.05, 4.69) is 36.1 Å². The molecular weight excluding hydrogens is 324 g/mol. The summed E-state index contributed by atoms with van der Waals surface area (Å²) >= 11 is 0. The number of amides is 1. The lowest BCUT2D eigenvalue weighted by Crippen LogP contribution is -2.41. The van der Waals surface area contributed by atoms with Gasteiger partial charge < -0.3 is 14.2 Å². The standard InChI is InChI=1S/C22H30N2O2/c1-3-24(22(25)21-9-6-16-26-21)17-19-10-13-23(14-11-19)15-12-20-8-5-4-7-18(20)2/h4-9,16,19H,3,10-15,17H2,1-2H3. The third kappa shape index (κ3) is 4.76. The van der Waals surface area contributed by atoms with Crippen molar-refractivity contribution in [1.82, 2.24) is 9.80 Å². The zero-order chi connectivity index (χ0) is 18.4. The van der Waals surface area contributed by atoms with Crippen molar-refractivity contribution < 1.29 is 9.21 Å². The number of likely N-dealkylation sites (tertiary alicyclic amines) is 1. The van der Waals surface area contributed by atoms with Crippen LogP contribution in [0.25, 0.3) is 0 Å². The molecule has 2 heterocycles. The summed E-state index contributed by atoms with van der Waals surface area (Å²) in [6.07, 6.45) is 5.01. The van der Waals surface area contributed by atoms with Crippen molar-refractivity contribution in [3.8, 4) is 0 Å². The van der Waals surface area contributed by atoms with Gasteiger partial charge >= 0.3 is 0 Å². The molecule has 1 aromatic heterocycles. The van der Waals surface area contributed by atoms with Gasteiger partial charge in [0.05, 0.1) is 6.26 Å². The highest BCUT2D eigenvalue weighted by atomic mass is 16.3. The topological polar surface area (TPSA) is 36.7 Å². The molecule has 0 bridgehead atoms. The highest BCUT2D eigenvalue weighted by Gasteiger charge is 2.24. The van der Waals surface area contributed by atoms with Crippen LogP contribution in [0.1, 0.15) is 41.4 Å². The Balaban J connectivity index is 1.44. The molecule has 140 valence electrons. The van der Waals surface area contributed by atoms with Crippen molar-refractivity contribution in [2.24, 2.45) is 5.92 Å². The monoisotopic (exact) mass is 354 g/mol. The number of rotatable bonds is 7. The Bertz CT molecular complexity index is 688. The van der Waals surface area contributed by atoms with Gasteiger partial charge in [0.15, 0.2) is 5.76 Å². The van der Waals surface area contributed by atoms with Crippen LogP contribution in [-0.2, 0) is 6.42 Å². The second-order valence-electron chi connectivity index (χ2n) is 7.28. The van der Waals surface area contributed by atoms with E-state index in [9.17, 15) is 4.79 Å². The third-order valence-corrected chi connectivity index (χ3v) is 5.55. The fraction of sp³-hybridized carbons (Fsp3) is 0.500. The molecule has 1 aliphatic heterocycles. The van der Waals surface area contributed by atoms with Crippen molar-refractivity contribution >= 4 is 5.91 Å². The van der Waals surface area contributed by atoms with Gasteiger partial charge in [0, 0.05) is 19.6 Å². The summed E-state index contributed by atoms with van der Waals surface area (Å²) < 4.78 is 5.27. The lowest BCUT2D eigenvalue weighted by molar-refractivity contribution is 0.0670. The van der Waals surface area contributed by atoms with Gasteiger partial charge in [-0.3, -0.25) is 4.79 Å². The number of carbonyl (C=O) groups excluding carboxylic acids is 1. The lowest BCUT2D eigenvalue weighted by atomic mass is 9.95. The molecule has 0 radical (unpaired) electrons. The van der Waals surface area contributed by atoms with Gasteiger partial charge in [-0.05, 0) is 75.4 Å².